The molecule has 3 N–H and O–H groups in total. The van der Waals surface area contributed by atoms with Crippen LogP contribution in [0.1, 0.15) is 51.0 Å². The average molecular weight is 406 g/mol. The monoisotopic (exact) mass is 405 g/mol. The van der Waals surface area contributed by atoms with Crippen LogP contribution in [0.25, 0.3) is 0 Å². The van der Waals surface area contributed by atoms with Crippen molar-refractivity contribution >= 4 is 29.9 Å². The fourth-order valence-electron chi connectivity index (χ4n) is 5.50. The number of benzene rings is 1. The van der Waals surface area contributed by atoms with Gasteiger partial charge in [-0.3, -0.25) is 9.59 Å². The van der Waals surface area contributed by atoms with Gasteiger partial charge in [-0.15, -0.1) is 12.4 Å². The minimum atomic E-state index is -0.251. The number of para-hydroxylation sites is 1. The number of amides is 2. The number of fused-ring (bicyclic) bond motifs is 2. The third-order valence-electron chi connectivity index (χ3n) is 6.84. The van der Waals surface area contributed by atoms with Crippen molar-refractivity contribution in [2.75, 3.05) is 11.4 Å². The Labute approximate surface area is 173 Å². The van der Waals surface area contributed by atoms with Crippen molar-refractivity contribution < 1.29 is 9.59 Å². The summed E-state index contributed by atoms with van der Waals surface area (Å²) in [4.78, 5) is 27.4. The first-order valence-electron chi connectivity index (χ1n) is 10.5. The van der Waals surface area contributed by atoms with E-state index >= 15 is 0 Å². The van der Waals surface area contributed by atoms with Crippen LogP contribution in [0.3, 0.4) is 0 Å². The van der Waals surface area contributed by atoms with Crippen LogP contribution in [-0.2, 0) is 16.0 Å². The van der Waals surface area contributed by atoms with Gasteiger partial charge in [0.05, 0.1) is 5.92 Å². The summed E-state index contributed by atoms with van der Waals surface area (Å²) in [7, 11) is 0. The largest absolute Gasteiger partial charge is 0.353 e. The Balaban J connectivity index is 0.00000225. The van der Waals surface area contributed by atoms with Crippen molar-refractivity contribution in [2.24, 2.45) is 23.5 Å². The van der Waals surface area contributed by atoms with E-state index in [9.17, 15) is 9.59 Å². The molecule has 6 heteroatoms. The van der Waals surface area contributed by atoms with Crippen molar-refractivity contribution in [3.8, 4) is 0 Å². The van der Waals surface area contributed by atoms with Crippen molar-refractivity contribution in [1.82, 2.24) is 5.32 Å². The van der Waals surface area contributed by atoms with Gasteiger partial charge in [-0.05, 0) is 55.6 Å². The molecule has 1 aromatic rings. The second kappa shape index (κ2) is 8.83. The van der Waals surface area contributed by atoms with Crippen molar-refractivity contribution in [2.45, 2.75) is 64.0 Å². The number of hydrogen-bond acceptors (Lipinski definition) is 3. The lowest BCUT2D eigenvalue weighted by molar-refractivity contribution is -0.128. The lowest BCUT2D eigenvalue weighted by Crippen LogP contribution is -2.54. The number of nitrogens with one attached hydrogen (secondary N) is 1. The predicted octanol–water partition coefficient (Wildman–Crippen LogP) is 3.05. The van der Waals surface area contributed by atoms with E-state index in [-0.39, 0.29) is 42.2 Å². The van der Waals surface area contributed by atoms with Crippen LogP contribution >= 0.6 is 12.4 Å². The molecule has 0 radical (unpaired) electrons. The zero-order valence-corrected chi connectivity index (χ0v) is 17.4. The smallest absolute Gasteiger partial charge is 0.227 e. The fourth-order valence-corrected chi connectivity index (χ4v) is 5.50. The molecule has 1 saturated heterocycles. The summed E-state index contributed by atoms with van der Waals surface area (Å²) in [6.45, 7) is 2.58. The summed E-state index contributed by atoms with van der Waals surface area (Å²) in [5.41, 5.74) is 8.32. The number of hydrogen-bond donors (Lipinski definition) is 2. The third kappa shape index (κ3) is 4.06. The first kappa shape index (κ1) is 21.1. The molecule has 3 atom stereocenters. The molecule has 2 saturated carbocycles. The van der Waals surface area contributed by atoms with Gasteiger partial charge in [-0.25, -0.2) is 0 Å². The molecule has 3 aliphatic rings. The highest BCUT2D eigenvalue weighted by Gasteiger charge is 2.42. The Kier molecular flexibility index (Phi) is 6.66. The molecule has 1 aliphatic heterocycles. The van der Waals surface area contributed by atoms with Gasteiger partial charge in [-0.1, -0.05) is 31.5 Å². The number of anilines is 1. The van der Waals surface area contributed by atoms with Gasteiger partial charge in [0.15, 0.2) is 0 Å². The molecule has 3 unspecified atom stereocenters. The molecule has 2 amide bonds. The van der Waals surface area contributed by atoms with E-state index in [2.05, 4.69) is 18.3 Å². The maximum atomic E-state index is 13.0. The number of nitrogens with zero attached hydrogens (tertiary/aromatic N) is 1. The molecule has 5 nitrogen and oxygen atoms in total. The molecule has 2 bridgehead atoms. The summed E-state index contributed by atoms with van der Waals surface area (Å²) < 4.78 is 0. The highest BCUT2D eigenvalue weighted by Crippen LogP contribution is 2.40. The second-order valence-electron chi connectivity index (χ2n) is 8.60. The van der Waals surface area contributed by atoms with Gasteiger partial charge in [0.2, 0.25) is 11.8 Å². The average Bonchev–Trinajstić information content (AvgIpc) is 3.04. The van der Waals surface area contributed by atoms with Gasteiger partial charge in [-0.2, -0.15) is 0 Å². The highest BCUT2D eigenvalue weighted by molar-refractivity contribution is 6.00. The summed E-state index contributed by atoms with van der Waals surface area (Å²) in [6, 6.07) is 8.54. The molecule has 154 valence electrons. The van der Waals surface area contributed by atoms with Gasteiger partial charge >= 0.3 is 0 Å². The Hall–Kier alpha value is -1.59. The third-order valence-corrected chi connectivity index (χ3v) is 6.84. The van der Waals surface area contributed by atoms with E-state index in [0.717, 1.165) is 43.4 Å². The Bertz CT molecular complexity index is 711. The minimum Gasteiger partial charge on any atom is -0.353 e. The summed E-state index contributed by atoms with van der Waals surface area (Å²) in [5.74, 6) is 0.869. The molecular weight excluding hydrogens is 374 g/mol. The van der Waals surface area contributed by atoms with E-state index < -0.39 is 0 Å². The standard InChI is InChI=1S/C22H31N3O2.ClH/c1-2-14-6-3-4-9-19(14)25-13-17(12-20(25)26)22(27)24-21-15-7-5-8-16(21)11-18(23)10-15;/h3-4,6,9,15-18,21H,2,5,7-8,10-13,23H2,1H3,(H,24,27);1H. The Morgan fingerprint density at radius 2 is 1.89 bits per heavy atom. The highest BCUT2D eigenvalue weighted by atomic mass is 35.5. The van der Waals surface area contributed by atoms with Crippen LogP contribution in [-0.4, -0.2) is 30.4 Å². The van der Waals surface area contributed by atoms with Crippen LogP contribution in [0, 0.1) is 17.8 Å². The maximum absolute atomic E-state index is 13.0. The van der Waals surface area contributed by atoms with Crippen LogP contribution in [0.15, 0.2) is 24.3 Å². The topological polar surface area (TPSA) is 75.4 Å². The molecule has 0 spiro atoms. The van der Waals surface area contributed by atoms with E-state index in [1.54, 1.807) is 4.90 Å². The first-order valence-corrected chi connectivity index (χ1v) is 10.5. The molecule has 2 aliphatic carbocycles. The lowest BCUT2D eigenvalue weighted by atomic mass is 9.67. The van der Waals surface area contributed by atoms with Crippen LogP contribution in [0.2, 0.25) is 0 Å². The van der Waals surface area contributed by atoms with Crippen molar-refractivity contribution in [3.05, 3.63) is 29.8 Å². The van der Waals surface area contributed by atoms with E-state index in [1.165, 1.54) is 6.42 Å². The lowest BCUT2D eigenvalue weighted by Gasteiger charge is -2.45. The van der Waals surface area contributed by atoms with Crippen molar-refractivity contribution in [3.63, 3.8) is 0 Å². The van der Waals surface area contributed by atoms with E-state index in [1.807, 2.05) is 18.2 Å². The Morgan fingerprint density at radius 3 is 2.57 bits per heavy atom. The second-order valence-corrected chi connectivity index (χ2v) is 8.60. The number of carbonyl (C=O) groups is 2. The number of rotatable bonds is 4. The zero-order chi connectivity index (χ0) is 19.0. The van der Waals surface area contributed by atoms with Gasteiger partial charge < -0.3 is 16.0 Å². The number of nitrogens with two attached hydrogens (primary N) is 1. The fraction of sp³-hybridized carbons (Fsp3) is 0.636. The van der Waals surface area contributed by atoms with Crippen molar-refractivity contribution in [1.29, 1.82) is 0 Å². The molecule has 0 aromatic heterocycles. The molecular formula is C22H32ClN3O2. The normalized spacial score (nSPS) is 32.0. The summed E-state index contributed by atoms with van der Waals surface area (Å²) >= 11 is 0. The quantitative estimate of drug-likeness (QED) is 0.808. The van der Waals surface area contributed by atoms with E-state index in [0.29, 0.717) is 24.8 Å². The van der Waals surface area contributed by atoms with Gasteiger partial charge in [0, 0.05) is 30.7 Å². The first-order chi connectivity index (χ1) is 13.1. The Morgan fingerprint density at radius 1 is 1.21 bits per heavy atom. The van der Waals surface area contributed by atoms with Crippen LogP contribution in [0.4, 0.5) is 5.69 Å². The van der Waals surface area contributed by atoms with Gasteiger partial charge in [0.1, 0.15) is 0 Å². The molecule has 1 heterocycles. The van der Waals surface area contributed by atoms with E-state index in [4.69, 9.17) is 5.73 Å². The van der Waals surface area contributed by atoms with Gasteiger partial charge in [0.25, 0.3) is 0 Å². The zero-order valence-electron chi connectivity index (χ0n) is 16.6. The SMILES string of the molecule is CCc1ccccc1N1CC(C(=O)NC2C3CCCC2CC(N)C3)CC1=O.Cl. The molecule has 1 aromatic carbocycles. The number of halogens is 1. The summed E-state index contributed by atoms with van der Waals surface area (Å²) in [5, 5.41) is 3.33. The number of aryl methyl sites for hydroxylation is 1. The minimum absolute atomic E-state index is 0. The molecule has 4 rings (SSSR count). The molecule has 3 fully saturated rings. The number of carbonyl (C=O) groups excluding carboxylic acids is 2. The maximum Gasteiger partial charge on any atom is 0.227 e. The van der Waals surface area contributed by atoms with Crippen LogP contribution in [0.5, 0.6) is 0 Å². The molecule has 28 heavy (non-hydrogen) atoms. The summed E-state index contributed by atoms with van der Waals surface area (Å²) in [6.07, 6.45) is 6.79. The van der Waals surface area contributed by atoms with Crippen LogP contribution < -0.4 is 16.0 Å². The predicted molar refractivity (Wildman–Crippen MR) is 113 cm³/mol.